The average molecular weight is 245 g/mol. The summed E-state index contributed by atoms with van der Waals surface area (Å²) in [6.45, 7) is 0.752. The van der Waals surface area contributed by atoms with E-state index in [1.54, 1.807) is 18.7 Å². The number of carbonyl (C=O) groups is 1. The highest BCUT2D eigenvalue weighted by Crippen LogP contribution is 2.15. The third-order valence-corrected chi connectivity index (χ3v) is 2.62. The Morgan fingerprint density at radius 2 is 2.39 bits per heavy atom. The summed E-state index contributed by atoms with van der Waals surface area (Å²) in [4.78, 5) is 19.3. The van der Waals surface area contributed by atoms with Gasteiger partial charge in [-0.3, -0.25) is 9.78 Å². The van der Waals surface area contributed by atoms with Gasteiger partial charge in [0.25, 0.3) is 0 Å². The van der Waals surface area contributed by atoms with Crippen molar-refractivity contribution in [3.63, 3.8) is 0 Å². The summed E-state index contributed by atoms with van der Waals surface area (Å²) in [6, 6.07) is 3.85. The Labute approximate surface area is 105 Å². The van der Waals surface area contributed by atoms with E-state index in [-0.39, 0.29) is 5.97 Å². The van der Waals surface area contributed by atoms with Crippen LogP contribution in [0.4, 0.5) is 0 Å². The lowest BCUT2D eigenvalue weighted by Crippen LogP contribution is -2.02. The van der Waals surface area contributed by atoms with Crippen molar-refractivity contribution in [1.29, 1.82) is 0 Å². The van der Waals surface area contributed by atoms with E-state index >= 15 is 0 Å². The summed E-state index contributed by atoms with van der Waals surface area (Å²) >= 11 is 0. The molecule has 0 N–H and O–H groups in total. The number of nitrogens with zero attached hydrogens (tertiary/aromatic N) is 3. The molecule has 0 saturated heterocycles. The van der Waals surface area contributed by atoms with Gasteiger partial charge >= 0.3 is 5.97 Å². The number of carbonyl (C=O) groups excluding carboxylic acids is 1. The van der Waals surface area contributed by atoms with Crippen LogP contribution >= 0.6 is 0 Å². The van der Waals surface area contributed by atoms with Crippen LogP contribution in [0, 0.1) is 0 Å². The third kappa shape index (κ3) is 3.16. The van der Waals surface area contributed by atoms with E-state index in [0.717, 1.165) is 24.2 Å². The van der Waals surface area contributed by atoms with E-state index in [9.17, 15) is 4.79 Å². The Bertz CT molecular complexity index is 508. The molecule has 0 spiro atoms. The van der Waals surface area contributed by atoms with Crippen LogP contribution in [-0.2, 0) is 16.1 Å². The van der Waals surface area contributed by atoms with Gasteiger partial charge in [-0.2, -0.15) is 0 Å². The molecule has 0 atom stereocenters. The molecule has 0 fully saturated rings. The number of aryl methyl sites for hydroxylation is 1. The molecular weight excluding hydrogens is 230 g/mol. The molecule has 94 valence electrons. The number of esters is 1. The van der Waals surface area contributed by atoms with Crippen LogP contribution in [0.3, 0.4) is 0 Å². The van der Waals surface area contributed by atoms with Crippen molar-refractivity contribution in [3.8, 4) is 11.3 Å². The standard InChI is InChI=1S/C13H15N3O2/c1-18-13(17)5-3-7-16-9-12(15-10-16)11-4-2-6-14-8-11/h2,4,6,8-10H,3,5,7H2,1H3. The lowest BCUT2D eigenvalue weighted by atomic mass is 10.2. The smallest absolute Gasteiger partial charge is 0.305 e. The van der Waals surface area contributed by atoms with Gasteiger partial charge in [0.1, 0.15) is 0 Å². The van der Waals surface area contributed by atoms with Crippen molar-refractivity contribution in [2.24, 2.45) is 0 Å². The van der Waals surface area contributed by atoms with Crippen LogP contribution in [0.15, 0.2) is 37.1 Å². The largest absolute Gasteiger partial charge is 0.469 e. The Hall–Kier alpha value is -2.17. The minimum Gasteiger partial charge on any atom is -0.469 e. The second kappa shape index (κ2) is 5.95. The number of imidazole rings is 1. The Kier molecular flexibility index (Phi) is 4.06. The van der Waals surface area contributed by atoms with Crippen LogP contribution in [0.2, 0.25) is 0 Å². The molecule has 0 bridgehead atoms. The molecule has 0 amide bonds. The Morgan fingerprint density at radius 1 is 1.50 bits per heavy atom. The van der Waals surface area contributed by atoms with Crippen molar-refractivity contribution >= 4 is 5.97 Å². The van der Waals surface area contributed by atoms with Gasteiger partial charge in [-0.15, -0.1) is 0 Å². The topological polar surface area (TPSA) is 57.0 Å². The number of methoxy groups -OCH3 is 1. The molecule has 0 aliphatic heterocycles. The summed E-state index contributed by atoms with van der Waals surface area (Å²) in [5.41, 5.74) is 1.88. The number of rotatable bonds is 5. The van der Waals surface area contributed by atoms with Crippen molar-refractivity contribution in [2.45, 2.75) is 19.4 Å². The third-order valence-electron chi connectivity index (χ3n) is 2.62. The molecule has 2 rings (SSSR count). The van der Waals surface area contributed by atoms with Gasteiger partial charge < -0.3 is 9.30 Å². The molecule has 5 nitrogen and oxygen atoms in total. The first-order valence-corrected chi connectivity index (χ1v) is 5.78. The highest BCUT2D eigenvalue weighted by Gasteiger charge is 2.03. The normalized spacial score (nSPS) is 10.3. The number of pyridine rings is 1. The summed E-state index contributed by atoms with van der Waals surface area (Å²) in [7, 11) is 1.40. The predicted molar refractivity (Wildman–Crippen MR) is 66.7 cm³/mol. The first-order chi connectivity index (χ1) is 8.79. The van der Waals surface area contributed by atoms with Gasteiger partial charge in [0.05, 0.1) is 19.1 Å². The lowest BCUT2D eigenvalue weighted by Gasteiger charge is -2.00. The van der Waals surface area contributed by atoms with Gasteiger partial charge in [-0.25, -0.2) is 4.98 Å². The average Bonchev–Trinajstić information content (AvgIpc) is 2.88. The number of hydrogen-bond donors (Lipinski definition) is 0. The zero-order valence-corrected chi connectivity index (χ0v) is 10.2. The van der Waals surface area contributed by atoms with Crippen LogP contribution < -0.4 is 0 Å². The lowest BCUT2D eigenvalue weighted by molar-refractivity contribution is -0.140. The van der Waals surface area contributed by atoms with Crippen LogP contribution in [0.1, 0.15) is 12.8 Å². The summed E-state index contributed by atoms with van der Waals surface area (Å²) in [5, 5.41) is 0. The molecule has 0 radical (unpaired) electrons. The molecule has 0 aromatic carbocycles. The molecule has 2 aromatic heterocycles. The van der Waals surface area contributed by atoms with E-state index < -0.39 is 0 Å². The van der Waals surface area contributed by atoms with Crippen molar-refractivity contribution in [1.82, 2.24) is 14.5 Å². The quantitative estimate of drug-likeness (QED) is 0.755. The SMILES string of the molecule is COC(=O)CCCn1cnc(-c2cccnc2)c1. The van der Waals surface area contributed by atoms with E-state index in [0.29, 0.717) is 6.42 Å². The molecule has 2 heterocycles. The highest BCUT2D eigenvalue weighted by atomic mass is 16.5. The van der Waals surface area contributed by atoms with E-state index in [4.69, 9.17) is 0 Å². The molecule has 0 aliphatic carbocycles. The fraction of sp³-hybridized carbons (Fsp3) is 0.308. The van der Waals surface area contributed by atoms with Gasteiger partial charge in [-0.05, 0) is 18.6 Å². The number of hydrogen-bond acceptors (Lipinski definition) is 4. The van der Waals surface area contributed by atoms with Crippen LogP contribution in [0.25, 0.3) is 11.3 Å². The summed E-state index contributed by atoms with van der Waals surface area (Å²) in [6.07, 6.45) is 8.40. The molecule has 5 heteroatoms. The van der Waals surface area contributed by atoms with Crippen molar-refractivity contribution in [3.05, 3.63) is 37.1 Å². The van der Waals surface area contributed by atoms with Crippen molar-refractivity contribution < 1.29 is 9.53 Å². The maximum Gasteiger partial charge on any atom is 0.305 e. The molecular formula is C13H15N3O2. The van der Waals surface area contributed by atoms with E-state index in [1.165, 1.54) is 7.11 Å². The zero-order valence-electron chi connectivity index (χ0n) is 10.2. The minimum atomic E-state index is -0.178. The van der Waals surface area contributed by atoms with Crippen LogP contribution in [0.5, 0.6) is 0 Å². The summed E-state index contributed by atoms with van der Waals surface area (Å²) in [5.74, 6) is -0.178. The second-order valence-electron chi connectivity index (χ2n) is 3.92. The van der Waals surface area contributed by atoms with Crippen molar-refractivity contribution in [2.75, 3.05) is 7.11 Å². The zero-order chi connectivity index (χ0) is 12.8. The predicted octanol–water partition coefficient (Wildman–Crippen LogP) is 1.90. The van der Waals surface area contributed by atoms with Gasteiger partial charge in [-0.1, -0.05) is 0 Å². The van der Waals surface area contributed by atoms with Gasteiger partial charge in [0.15, 0.2) is 0 Å². The fourth-order valence-corrected chi connectivity index (χ4v) is 1.65. The highest BCUT2D eigenvalue weighted by molar-refractivity contribution is 5.69. The number of aromatic nitrogens is 3. The first kappa shape index (κ1) is 12.3. The van der Waals surface area contributed by atoms with Gasteiger partial charge in [0, 0.05) is 37.1 Å². The fourth-order valence-electron chi connectivity index (χ4n) is 1.65. The molecule has 18 heavy (non-hydrogen) atoms. The van der Waals surface area contributed by atoms with E-state index in [2.05, 4.69) is 14.7 Å². The Balaban J connectivity index is 1.93. The maximum absolute atomic E-state index is 11.0. The monoisotopic (exact) mass is 245 g/mol. The second-order valence-corrected chi connectivity index (χ2v) is 3.92. The minimum absolute atomic E-state index is 0.178. The first-order valence-electron chi connectivity index (χ1n) is 5.78. The van der Waals surface area contributed by atoms with Crippen LogP contribution in [-0.4, -0.2) is 27.6 Å². The number of ether oxygens (including phenoxy) is 1. The molecule has 0 saturated carbocycles. The molecule has 2 aromatic rings. The molecule has 0 unspecified atom stereocenters. The Morgan fingerprint density at radius 3 is 3.11 bits per heavy atom. The molecule has 0 aliphatic rings. The van der Waals surface area contributed by atoms with Gasteiger partial charge in [0.2, 0.25) is 0 Å². The summed E-state index contributed by atoms with van der Waals surface area (Å²) < 4.78 is 6.55. The maximum atomic E-state index is 11.0. The van der Waals surface area contributed by atoms with E-state index in [1.807, 2.05) is 22.9 Å².